The molecule has 0 radical (unpaired) electrons. The molecular weight excluding hydrogens is 491 g/mol. The quantitative estimate of drug-likeness (QED) is 0.330. The Bertz CT molecular complexity index is 983. The second-order valence-electron chi connectivity index (χ2n) is 12.2. The van der Waals surface area contributed by atoms with Crippen LogP contribution in [0, 0.1) is 34.5 Å². The van der Waals surface area contributed by atoms with Gasteiger partial charge in [-0.1, -0.05) is 19.4 Å². The number of aliphatic hydroxyl groups excluding tert-OH is 3. The van der Waals surface area contributed by atoms with Crippen LogP contribution < -0.4 is 34.7 Å². The molecule has 37 heavy (non-hydrogen) atoms. The molecule has 4 fully saturated rings. The molecule has 1 saturated heterocycles. The minimum Gasteiger partial charge on any atom is -0.547 e. The molecule has 0 aromatic rings. The summed E-state index contributed by atoms with van der Waals surface area (Å²) in [5.41, 5.74) is 0.458. The van der Waals surface area contributed by atoms with E-state index in [9.17, 15) is 34.8 Å². The minimum absolute atomic E-state index is 0. The van der Waals surface area contributed by atoms with Crippen molar-refractivity contribution in [3.63, 3.8) is 0 Å². The molecule has 0 bridgehead atoms. The molecule has 4 aliphatic carbocycles. The number of Topliss-reactive ketones (excluding diaryl/α,β-unsaturated/α-hetero) is 1. The fourth-order valence-corrected chi connectivity index (χ4v) is 8.77. The maximum absolute atomic E-state index is 12.7. The molecule has 3 N–H and O–H groups in total. The Balaban J connectivity index is 0.00000320. The first-order valence-electron chi connectivity index (χ1n) is 13.2. The fourth-order valence-electron chi connectivity index (χ4n) is 8.77. The van der Waals surface area contributed by atoms with Gasteiger partial charge in [-0.3, -0.25) is 9.59 Å². The maximum Gasteiger partial charge on any atom is 1.00 e. The van der Waals surface area contributed by atoms with Gasteiger partial charge in [-0.15, -0.1) is 0 Å². The molecule has 0 aromatic heterocycles. The normalized spacial score (nSPS) is 49.1. The summed E-state index contributed by atoms with van der Waals surface area (Å²) < 4.78 is 11.8. The van der Waals surface area contributed by atoms with Crippen molar-refractivity contribution >= 4 is 17.5 Å². The molecule has 12 atom stereocenters. The predicted octanol–water partition coefficient (Wildman–Crippen LogP) is -2.72. The van der Waals surface area contributed by atoms with Crippen LogP contribution in [-0.4, -0.2) is 69.7 Å². The Kier molecular flexibility index (Phi) is 8.24. The van der Waals surface area contributed by atoms with Gasteiger partial charge in [-0.05, 0) is 80.1 Å². The first kappa shape index (κ1) is 29.3. The minimum atomic E-state index is -1.85. The summed E-state index contributed by atoms with van der Waals surface area (Å²) >= 11 is 0. The van der Waals surface area contributed by atoms with Gasteiger partial charge in [0.05, 0.1) is 12.1 Å². The van der Waals surface area contributed by atoms with Gasteiger partial charge < -0.3 is 34.7 Å². The Hall–Kier alpha value is -0.650. The Morgan fingerprint density at radius 2 is 1.78 bits per heavy atom. The number of fused-ring (bicyclic) bond motifs is 5. The number of carbonyl (C=O) groups excluding carboxylic acids is 3. The monoisotopic (exact) mass is 528 g/mol. The summed E-state index contributed by atoms with van der Waals surface area (Å²) in [6.07, 6.45) is -2.31. The number of ether oxygens (including phenoxy) is 2. The molecule has 0 aromatic carbocycles. The second-order valence-corrected chi connectivity index (χ2v) is 12.2. The number of carboxylic acids is 1. The predicted molar refractivity (Wildman–Crippen MR) is 123 cm³/mol. The van der Waals surface area contributed by atoms with Crippen LogP contribution in [0.25, 0.3) is 0 Å². The van der Waals surface area contributed by atoms with Gasteiger partial charge in [0.15, 0.2) is 12.1 Å². The third-order valence-corrected chi connectivity index (χ3v) is 10.5. The Morgan fingerprint density at radius 3 is 2.43 bits per heavy atom. The summed E-state index contributed by atoms with van der Waals surface area (Å²) in [4.78, 5) is 36.5. The van der Waals surface area contributed by atoms with Gasteiger partial charge in [-0.2, -0.15) is 0 Å². The third-order valence-electron chi connectivity index (χ3n) is 10.5. The van der Waals surface area contributed by atoms with E-state index >= 15 is 0 Å². The van der Waals surface area contributed by atoms with Crippen molar-refractivity contribution in [1.29, 1.82) is 0 Å². The molecular formula is C27H37NaO9. The molecule has 5 rings (SSSR count). The van der Waals surface area contributed by atoms with Crippen molar-refractivity contribution in [2.75, 3.05) is 0 Å². The van der Waals surface area contributed by atoms with E-state index in [-0.39, 0.29) is 69.7 Å². The van der Waals surface area contributed by atoms with E-state index in [1.165, 1.54) is 0 Å². The Morgan fingerprint density at radius 1 is 1.08 bits per heavy atom. The number of rotatable bonds is 4. The average molecular weight is 529 g/mol. The van der Waals surface area contributed by atoms with Crippen molar-refractivity contribution in [2.24, 2.45) is 34.5 Å². The molecule has 3 saturated carbocycles. The van der Waals surface area contributed by atoms with Gasteiger partial charge >= 0.3 is 29.6 Å². The second kappa shape index (κ2) is 10.4. The Labute approximate surface area is 239 Å². The number of aliphatic carboxylic acids is 1. The van der Waals surface area contributed by atoms with Crippen LogP contribution in [0.4, 0.5) is 0 Å². The van der Waals surface area contributed by atoms with Crippen LogP contribution in [-0.2, 0) is 23.9 Å². The van der Waals surface area contributed by atoms with Crippen molar-refractivity contribution in [1.82, 2.24) is 0 Å². The van der Waals surface area contributed by atoms with Crippen LogP contribution in [0.15, 0.2) is 11.6 Å². The van der Waals surface area contributed by atoms with Crippen molar-refractivity contribution < 1.29 is 73.8 Å². The molecule has 0 spiro atoms. The standard InChI is InChI=1S/C27H38O9.Na/c1-12(28)16-6-7-17-15-5-4-13-10-14(29)8-9-26(13,2)19(15)18(11-27(16,17)3)35-25-22(32)20(30)21(31)23(36-25)24(33)34;/h10,15-23,25,30-32H,4-9,11H2,1-3H3,(H,33,34);/q;+1/p-1/t15-,16+,17-,18+,19+,20-,21-,22+,23-,25+,26-,27+;/m0./s1. The summed E-state index contributed by atoms with van der Waals surface area (Å²) in [5.74, 6) is -1.05. The number of carbonyl (C=O) groups is 3. The number of aliphatic hydroxyl groups is 3. The zero-order chi connectivity index (χ0) is 26.2. The number of ketones is 2. The van der Waals surface area contributed by atoms with E-state index in [1.807, 2.05) is 0 Å². The molecule has 1 aliphatic heterocycles. The van der Waals surface area contributed by atoms with E-state index in [1.54, 1.807) is 13.0 Å². The van der Waals surface area contributed by atoms with Crippen LogP contribution >= 0.6 is 0 Å². The molecule has 1 heterocycles. The smallest absolute Gasteiger partial charge is 0.547 e. The summed E-state index contributed by atoms with van der Waals surface area (Å²) in [6.45, 7) is 5.94. The van der Waals surface area contributed by atoms with E-state index in [2.05, 4.69) is 13.8 Å². The molecule has 5 aliphatic rings. The van der Waals surface area contributed by atoms with Gasteiger partial charge in [0.2, 0.25) is 0 Å². The van der Waals surface area contributed by atoms with Crippen LogP contribution in [0.2, 0.25) is 0 Å². The number of hydrogen-bond acceptors (Lipinski definition) is 9. The van der Waals surface area contributed by atoms with Crippen LogP contribution in [0.5, 0.6) is 0 Å². The first-order chi connectivity index (χ1) is 16.9. The third kappa shape index (κ3) is 4.61. The molecule has 0 amide bonds. The van der Waals surface area contributed by atoms with E-state index in [0.717, 1.165) is 31.3 Å². The van der Waals surface area contributed by atoms with Gasteiger partial charge in [-0.25, -0.2) is 0 Å². The van der Waals surface area contributed by atoms with Gasteiger partial charge in [0.1, 0.15) is 30.2 Å². The molecule has 9 nitrogen and oxygen atoms in total. The van der Waals surface area contributed by atoms with Crippen molar-refractivity contribution in [2.45, 2.75) is 103 Å². The zero-order valence-electron chi connectivity index (χ0n) is 22.1. The molecule has 0 unspecified atom stereocenters. The SMILES string of the molecule is CC(=O)[C@H]1CC[C@H]2[C@@H]3CCC4=CC(=O)CC[C@]4(C)[C@H]3[C@H](O[C@@H]3O[C@H](C(=O)[O-])[C@@H](O)[C@H](O)[C@H]3O)C[C@]12C.[Na+]. The van der Waals surface area contributed by atoms with Gasteiger partial charge in [0.25, 0.3) is 0 Å². The van der Waals surface area contributed by atoms with E-state index in [4.69, 9.17) is 9.47 Å². The van der Waals surface area contributed by atoms with Crippen LogP contribution in [0.1, 0.15) is 65.7 Å². The summed E-state index contributed by atoms with van der Waals surface area (Å²) in [5, 5.41) is 42.6. The number of allylic oxidation sites excluding steroid dienone is 1. The molecule has 200 valence electrons. The largest absolute Gasteiger partial charge is 1.00 e. The number of carboxylic acid groups (broad SMARTS) is 1. The van der Waals surface area contributed by atoms with E-state index in [0.29, 0.717) is 25.2 Å². The molecule has 10 heteroatoms. The number of hydrogen-bond donors (Lipinski definition) is 3. The maximum atomic E-state index is 12.7. The van der Waals surface area contributed by atoms with Crippen molar-refractivity contribution in [3.8, 4) is 0 Å². The van der Waals surface area contributed by atoms with E-state index < -0.39 is 42.8 Å². The summed E-state index contributed by atoms with van der Waals surface area (Å²) in [7, 11) is 0. The van der Waals surface area contributed by atoms with Crippen molar-refractivity contribution in [3.05, 3.63) is 11.6 Å². The average Bonchev–Trinajstić information content (AvgIpc) is 3.16. The zero-order valence-corrected chi connectivity index (χ0v) is 24.1. The first-order valence-corrected chi connectivity index (χ1v) is 13.2. The topological polar surface area (TPSA) is 153 Å². The van der Waals surface area contributed by atoms with Gasteiger partial charge in [0, 0.05) is 12.3 Å². The fraction of sp³-hybridized carbons (Fsp3) is 0.815. The van der Waals surface area contributed by atoms with Crippen LogP contribution in [0.3, 0.4) is 0 Å². The summed E-state index contributed by atoms with van der Waals surface area (Å²) in [6, 6.07) is 0.